The van der Waals surface area contributed by atoms with Gasteiger partial charge in [-0.2, -0.15) is 0 Å². The molecule has 0 heterocycles. The standard InChI is InChI=1S/C18H35N5O6/c1-9(2)13(18(28)29)22-17(27)14(11(4)24)23-16(26)12(7-5-6-8-19)21-15(25)10(3)20/h9-14,24H,5-8,19-20H2,1-4H3,(H,21,25)(H,22,27)(H,23,26)(H,28,29). The first-order valence-electron chi connectivity index (χ1n) is 9.69. The number of hydrogen-bond donors (Lipinski definition) is 7. The number of aliphatic hydroxyl groups is 1. The molecule has 0 aromatic heterocycles. The zero-order valence-electron chi connectivity index (χ0n) is 17.5. The topological polar surface area (TPSA) is 197 Å². The number of amides is 3. The van der Waals surface area contributed by atoms with Gasteiger partial charge in [0.15, 0.2) is 0 Å². The van der Waals surface area contributed by atoms with E-state index in [4.69, 9.17) is 11.5 Å². The third-order valence-electron chi connectivity index (χ3n) is 4.29. The summed E-state index contributed by atoms with van der Waals surface area (Å²) < 4.78 is 0. The molecule has 0 radical (unpaired) electrons. The van der Waals surface area contributed by atoms with Gasteiger partial charge in [0.05, 0.1) is 12.1 Å². The Bertz CT molecular complexity index is 567. The van der Waals surface area contributed by atoms with Crippen molar-refractivity contribution in [3.63, 3.8) is 0 Å². The lowest BCUT2D eigenvalue weighted by atomic mass is 10.0. The van der Waals surface area contributed by atoms with Gasteiger partial charge in [-0.3, -0.25) is 14.4 Å². The normalized spacial score (nSPS) is 16.3. The Morgan fingerprint density at radius 1 is 0.862 bits per heavy atom. The summed E-state index contributed by atoms with van der Waals surface area (Å²) in [6.07, 6.45) is 0.148. The van der Waals surface area contributed by atoms with E-state index in [1.54, 1.807) is 13.8 Å². The molecule has 11 heteroatoms. The molecule has 0 aliphatic rings. The van der Waals surface area contributed by atoms with Crippen LogP contribution in [0.5, 0.6) is 0 Å². The molecule has 11 nitrogen and oxygen atoms in total. The molecule has 5 atom stereocenters. The van der Waals surface area contributed by atoms with Crippen LogP contribution in [0, 0.1) is 5.92 Å². The molecular weight excluding hydrogens is 382 g/mol. The van der Waals surface area contributed by atoms with Crippen molar-refractivity contribution in [2.75, 3.05) is 6.54 Å². The zero-order valence-corrected chi connectivity index (χ0v) is 17.5. The molecule has 0 bridgehead atoms. The van der Waals surface area contributed by atoms with Gasteiger partial charge in [-0.1, -0.05) is 13.8 Å². The number of carbonyl (C=O) groups excluding carboxylic acids is 3. The molecule has 5 unspecified atom stereocenters. The van der Waals surface area contributed by atoms with Crippen LogP contribution < -0.4 is 27.4 Å². The highest BCUT2D eigenvalue weighted by atomic mass is 16.4. The Hall–Kier alpha value is -2.24. The number of carboxylic acids is 1. The van der Waals surface area contributed by atoms with Gasteiger partial charge in [0.1, 0.15) is 18.1 Å². The average Bonchev–Trinajstić information content (AvgIpc) is 2.61. The number of carbonyl (C=O) groups is 4. The van der Waals surface area contributed by atoms with E-state index in [-0.39, 0.29) is 6.42 Å². The van der Waals surface area contributed by atoms with Crippen molar-refractivity contribution in [2.24, 2.45) is 17.4 Å². The number of nitrogens with one attached hydrogen (secondary N) is 3. The van der Waals surface area contributed by atoms with Crippen molar-refractivity contribution in [1.29, 1.82) is 0 Å². The maximum absolute atomic E-state index is 12.7. The smallest absolute Gasteiger partial charge is 0.326 e. The van der Waals surface area contributed by atoms with Crippen molar-refractivity contribution in [3.05, 3.63) is 0 Å². The van der Waals surface area contributed by atoms with Crippen molar-refractivity contribution in [2.45, 2.75) is 77.2 Å². The summed E-state index contributed by atoms with van der Waals surface area (Å²) in [4.78, 5) is 48.3. The number of hydrogen-bond acceptors (Lipinski definition) is 7. The third kappa shape index (κ3) is 9.68. The Kier molecular flexibility index (Phi) is 12.1. The first kappa shape index (κ1) is 26.8. The van der Waals surface area contributed by atoms with Gasteiger partial charge in [0.25, 0.3) is 0 Å². The Labute approximate surface area is 171 Å². The first-order valence-corrected chi connectivity index (χ1v) is 9.69. The van der Waals surface area contributed by atoms with Crippen LogP contribution in [0.15, 0.2) is 0 Å². The van der Waals surface area contributed by atoms with Gasteiger partial charge in [-0.25, -0.2) is 4.79 Å². The maximum atomic E-state index is 12.7. The molecule has 29 heavy (non-hydrogen) atoms. The lowest BCUT2D eigenvalue weighted by molar-refractivity contribution is -0.144. The van der Waals surface area contributed by atoms with Crippen molar-refractivity contribution >= 4 is 23.7 Å². The van der Waals surface area contributed by atoms with Crippen molar-refractivity contribution in [1.82, 2.24) is 16.0 Å². The molecule has 0 aliphatic carbocycles. The van der Waals surface area contributed by atoms with E-state index in [0.29, 0.717) is 19.4 Å². The number of rotatable bonds is 13. The predicted molar refractivity (Wildman–Crippen MR) is 107 cm³/mol. The third-order valence-corrected chi connectivity index (χ3v) is 4.29. The van der Waals surface area contributed by atoms with Gasteiger partial charge in [-0.05, 0) is 45.6 Å². The highest BCUT2D eigenvalue weighted by Crippen LogP contribution is 2.06. The number of unbranched alkanes of at least 4 members (excludes halogenated alkanes) is 1. The quantitative estimate of drug-likeness (QED) is 0.168. The number of aliphatic carboxylic acids is 1. The SMILES string of the molecule is CC(N)C(=O)NC(CCCCN)C(=O)NC(C(=O)NC(C(=O)O)C(C)C)C(C)O. The summed E-state index contributed by atoms with van der Waals surface area (Å²) in [6, 6.07) is -4.39. The van der Waals surface area contributed by atoms with Crippen LogP contribution in [0.2, 0.25) is 0 Å². The van der Waals surface area contributed by atoms with Crippen LogP contribution in [0.3, 0.4) is 0 Å². The molecule has 9 N–H and O–H groups in total. The molecule has 0 aliphatic heterocycles. The summed E-state index contributed by atoms with van der Waals surface area (Å²) >= 11 is 0. The minimum Gasteiger partial charge on any atom is -0.480 e. The second-order valence-corrected chi connectivity index (χ2v) is 7.43. The predicted octanol–water partition coefficient (Wildman–Crippen LogP) is -1.96. The molecule has 168 valence electrons. The Morgan fingerprint density at radius 2 is 1.41 bits per heavy atom. The van der Waals surface area contributed by atoms with E-state index >= 15 is 0 Å². The fourth-order valence-electron chi connectivity index (χ4n) is 2.48. The lowest BCUT2D eigenvalue weighted by Gasteiger charge is -2.27. The lowest BCUT2D eigenvalue weighted by Crippen LogP contribution is -2.60. The van der Waals surface area contributed by atoms with E-state index in [1.165, 1.54) is 13.8 Å². The molecule has 0 aromatic carbocycles. The fraction of sp³-hybridized carbons (Fsp3) is 0.778. The summed E-state index contributed by atoms with van der Waals surface area (Å²) in [5.74, 6) is -3.70. The van der Waals surface area contributed by atoms with Crippen LogP contribution in [-0.2, 0) is 19.2 Å². The Morgan fingerprint density at radius 3 is 1.83 bits per heavy atom. The van der Waals surface area contributed by atoms with Crippen LogP contribution in [0.4, 0.5) is 0 Å². The largest absolute Gasteiger partial charge is 0.480 e. The molecule has 0 fully saturated rings. The highest BCUT2D eigenvalue weighted by Gasteiger charge is 2.33. The minimum atomic E-state index is -1.40. The van der Waals surface area contributed by atoms with Crippen LogP contribution in [0.25, 0.3) is 0 Å². The molecule has 0 spiro atoms. The number of nitrogens with two attached hydrogens (primary N) is 2. The van der Waals surface area contributed by atoms with Gasteiger partial charge in [-0.15, -0.1) is 0 Å². The van der Waals surface area contributed by atoms with E-state index < -0.39 is 59.9 Å². The van der Waals surface area contributed by atoms with E-state index in [9.17, 15) is 29.4 Å². The maximum Gasteiger partial charge on any atom is 0.326 e. The van der Waals surface area contributed by atoms with Crippen LogP contribution in [-0.4, -0.2) is 70.7 Å². The molecule has 0 saturated carbocycles. The average molecular weight is 418 g/mol. The molecule has 0 rings (SSSR count). The van der Waals surface area contributed by atoms with Gasteiger partial charge in [0, 0.05) is 0 Å². The van der Waals surface area contributed by atoms with E-state index in [1.807, 2.05) is 0 Å². The monoisotopic (exact) mass is 417 g/mol. The van der Waals surface area contributed by atoms with Gasteiger partial charge >= 0.3 is 5.97 Å². The van der Waals surface area contributed by atoms with Crippen molar-refractivity contribution < 1.29 is 29.4 Å². The molecule has 3 amide bonds. The van der Waals surface area contributed by atoms with Crippen molar-refractivity contribution in [3.8, 4) is 0 Å². The summed E-state index contributed by atoms with van der Waals surface area (Å²) in [7, 11) is 0. The second-order valence-electron chi connectivity index (χ2n) is 7.43. The molecular formula is C18H35N5O6. The van der Waals surface area contributed by atoms with E-state index in [0.717, 1.165) is 0 Å². The summed E-state index contributed by atoms with van der Waals surface area (Å²) in [5, 5.41) is 26.4. The second kappa shape index (κ2) is 13.1. The highest BCUT2D eigenvalue weighted by molar-refractivity contribution is 5.94. The summed E-state index contributed by atoms with van der Waals surface area (Å²) in [6.45, 7) is 6.41. The fourth-order valence-corrected chi connectivity index (χ4v) is 2.48. The van der Waals surface area contributed by atoms with E-state index in [2.05, 4.69) is 16.0 Å². The Balaban J connectivity index is 5.31. The molecule has 0 aromatic rings. The minimum absolute atomic E-state index is 0.263. The number of carboxylic acid groups (broad SMARTS) is 1. The first-order chi connectivity index (χ1) is 13.4. The van der Waals surface area contributed by atoms with Gasteiger partial charge in [0.2, 0.25) is 17.7 Å². The van der Waals surface area contributed by atoms with Gasteiger partial charge < -0.3 is 37.6 Å². The number of aliphatic hydroxyl groups excluding tert-OH is 1. The molecule has 0 saturated heterocycles. The zero-order chi connectivity index (χ0) is 22.7. The summed E-state index contributed by atoms with van der Waals surface area (Å²) in [5.41, 5.74) is 11.0. The van der Waals surface area contributed by atoms with Crippen LogP contribution >= 0.6 is 0 Å². The van der Waals surface area contributed by atoms with Crippen LogP contribution in [0.1, 0.15) is 47.0 Å².